The van der Waals surface area contributed by atoms with Gasteiger partial charge in [0.15, 0.2) is 0 Å². The molecule has 6 rings (SSSR count). The minimum Gasteiger partial charge on any atom is -0.298 e. The smallest absolute Gasteiger partial charge is 0.298 e. The van der Waals surface area contributed by atoms with E-state index < -0.39 is 5.91 Å². The van der Waals surface area contributed by atoms with Gasteiger partial charge in [0.25, 0.3) is 5.91 Å². The molecule has 0 saturated carbocycles. The number of nitrogens with one attached hydrogen (secondary N) is 2. The van der Waals surface area contributed by atoms with E-state index >= 15 is 0 Å². The first kappa shape index (κ1) is 31.3. The van der Waals surface area contributed by atoms with Crippen LogP contribution in [-0.2, 0) is 6.54 Å². The van der Waals surface area contributed by atoms with Crippen LogP contribution in [0.15, 0.2) is 83.1 Å². The number of carbonyl (C=O) groups is 2. The van der Waals surface area contributed by atoms with E-state index in [-0.39, 0.29) is 11.7 Å². The summed E-state index contributed by atoms with van der Waals surface area (Å²) in [6.45, 7) is 3.05. The molecule has 13 nitrogen and oxygen atoms in total. The number of hydrogen-bond donors (Lipinski definition) is 2. The molecular formula is C30H29N11O2S2. The number of carbonyl (C=O) groups excluding carboxylic acids is 2. The summed E-state index contributed by atoms with van der Waals surface area (Å²) in [6, 6.07) is 12.8. The maximum absolute atomic E-state index is 12.4. The molecule has 15 heteroatoms. The van der Waals surface area contributed by atoms with Crippen molar-refractivity contribution in [1.29, 1.82) is 0 Å². The molecule has 0 radical (unpaired) electrons. The van der Waals surface area contributed by atoms with Crippen LogP contribution in [0.5, 0.6) is 0 Å². The third kappa shape index (κ3) is 9.45. The zero-order valence-corrected chi connectivity index (χ0v) is 25.7. The van der Waals surface area contributed by atoms with Gasteiger partial charge < -0.3 is 0 Å². The Kier molecular flexibility index (Phi) is 11.2. The number of aromatic nitrogens is 5. The average Bonchev–Trinajstić information content (AvgIpc) is 3.68. The molecule has 5 aromatic heterocycles. The fourth-order valence-corrected chi connectivity index (χ4v) is 6.03. The average molecular weight is 640 g/mol. The van der Waals surface area contributed by atoms with E-state index in [2.05, 4.69) is 50.5 Å². The summed E-state index contributed by atoms with van der Waals surface area (Å²) in [7, 11) is 0. The molecular weight excluding hydrogens is 611 g/mol. The topological polar surface area (TPSA) is 175 Å². The Bertz CT molecular complexity index is 1750. The fourth-order valence-electron chi connectivity index (χ4n) is 4.47. The quantitative estimate of drug-likeness (QED) is 0.106. The SMILES string of the molecule is O=C(Nc1cccc(CN2CCCCCC2)n1)Nc1csc(-c2ccncc2)n1.[N-]=[N+]=NC(=O)c1csc(-c2ccncc2)n1. The van der Waals surface area contributed by atoms with Crippen molar-refractivity contribution in [2.24, 2.45) is 5.11 Å². The van der Waals surface area contributed by atoms with Crippen LogP contribution in [0.3, 0.4) is 0 Å². The highest BCUT2D eigenvalue weighted by atomic mass is 32.1. The van der Waals surface area contributed by atoms with Crippen molar-refractivity contribution in [2.75, 3.05) is 23.7 Å². The van der Waals surface area contributed by atoms with E-state index in [0.717, 1.165) is 41.5 Å². The monoisotopic (exact) mass is 639 g/mol. The number of rotatable bonds is 7. The maximum atomic E-state index is 12.4. The molecule has 6 heterocycles. The predicted molar refractivity (Wildman–Crippen MR) is 175 cm³/mol. The van der Waals surface area contributed by atoms with E-state index in [0.29, 0.717) is 16.6 Å². The van der Waals surface area contributed by atoms with Crippen LogP contribution >= 0.6 is 22.7 Å². The highest BCUT2D eigenvalue weighted by molar-refractivity contribution is 7.13. The van der Waals surface area contributed by atoms with Gasteiger partial charge in [0, 0.05) is 58.1 Å². The predicted octanol–water partition coefficient (Wildman–Crippen LogP) is 7.28. The summed E-state index contributed by atoms with van der Waals surface area (Å²) >= 11 is 2.79. The van der Waals surface area contributed by atoms with Gasteiger partial charge >= 0.3 is 6.03 Å². The lowest BCUT2D eigenvalue weighted by molar-refractivity contribution is 0.0996. The summed E-state index contributed by atoms with van der Waals surface area (Å²) in [5.74, 6) is 0.387. The van der Waals surface area contributed by atoms with E-state index in [1.54, 1.807) is 48.4 Å². The van der Waals surface area contributed by atoms with Crippen molar-refractivity contribution in [2.45, 2.75) is 32.2 Å². The van der Waals surface area contributed by atoms with Crippen LogP contribution in [-0.4, -0.2) is 54.8 Å². The number of likely N-dealkylation sites (tertiary alicyclic amines) is 1. The van der Waals surface area contributed by atoms with Crippen molar-refractivity contribution in [3.05, 3.63) is 99.8 Å². The first-order valence-corrected chi connectivity index (χ1v) is 15.9. The van der Waals surface area contributed by atoms with Gasteiger partial charge in [-0.05, 0) is 73.0 Å². The van der Waals surface area contributed by atoms with E-state index in [1.807, 2.05) is 29.6 Å². The Balaban J connectivity index is 0.000000211. The second-order valence-corrected chi connectivity index (χ2v) is 11.5. The molecule has 0 atom stereocenters. The van der Waals surface area contributed by atoms with E-state index in [1.165, 1.54) is 48.4 Å². The second kappa shape index (κ2) is 16.1. The number of azide groups is 1. The fraction of sp³-hybridized carbons (Fsp3) is 0.233. The third-order valence-electron chi connectivity index (χ3n) is 6.59. The van der Waals surface area contributed by atoms with Crippen molar-refractivity contribution >= 4 is 46.2 Å². The molecule has 1 aliphatic heterocycles. The number of pyridine rings is 3. The van der Waals surface area contributed by atoms with Gasteiger partial charge in [-0.2, -0.15) is 0 Å². The van der Waals surface area contributed by atoms with Crippen molar-refractivity contribution in [3.8, 4) is 21.1 Å². The molecule has 3 amide bonds. The lowest BCUT2D eigenvalue weighted by atomic mass is 10.2. The molecule has 2 N–H and O–H groups in total. The number of anilines is 2. The number of nitrogens with zero attached hydrogens (tertiary/aromatic N) is 9. The van der Waals surface area contributed by atoms with Crippen molar-refractivity contribution in [3.63, 3.8) is 0 Å². The van der Waals surface area contributed by atoms with Gasteiger partial charge in [0.05, 0.1) is 5.69 Å². The largest absolute Gasteiger partial charge is 0.326 e. The molecule has 1 aliphatic rings. The van der Waals surface area contributed by atoms with Crippen LogP contribution in [0.2, 0.25) is 0 Å². The first-order valence-electron chi connectivity index (χ1n) is 14.1. The molecule has 0 unspecified atom stereocenters. The molecule has 0 aliphatic carbocycles. The number of hydrogen-bond acceptors (Lipinski definition) is 10. The van der Waals surface area contributed by atoms with Crippen LogP contribution in [0.1, 0.15) is 41.9 Å². The van der Waals surface area contributed by atoms with Gasteiger partial charge in [0.2, 0.25) is 0 Å². The van der Waals surface area contributed by atoms with Gasteiger partial charge in [-0.25, -0.2) is 19.7 Å². The molecule has 1 fully saturated rings. The molecule has 5 aromatic rings. The Morgan fingerprint density at radius 2 is 1.42 bits per heavy atom. The molecule has 45 heavy (non-hydrogen) atoms. The normalized spacial score (nSPS) is 13.0. The third-order valence-corrected chi connectivity index (χ3v) is 8.37. The molecule has 228 valence electrons. The van der Waals surface area contributed by atoms with Crippen LogP contribution in [0.25, 0.3) is 31.6 Å². The van der Waals surface area contributed by atoms with E-state index in [9.17, 15) is 9.59 Å². The summed E-state index contributed by atoms with van der Waals surface area (Å²) in [5.41, 5.74) is 11.1. The highest BCUT2D eigenvalue weighted by Gasteiger charge is 2.13. The highest BCUT2D eigenvalue weighted by Crippen LogP contribution is 2.25. The van der Waals surface area contributed by atoms with Crippen LogP contribution in [0, 0.1) is 0 Å². The number of urea groups is 1. The zero-order chi connectivity index (χ0) is 31.3. The Labute approximate surface area is 267 Å². The van der Waals surface area contributed by atoms with Gasteiger partial charge in [-0.1, -0.05) is 18.9 Å². The Hall–Kier alpha value is -5.08. The summed E-state index contributed by atoms with van der Waals surface area (Å²) in [6.07, 6.45) is 11.8. The minimum absolute atomic E-state index is 0.162. The minimum atomic E-state index is -0.668. The zero-order valence-electron chi connectivity index (χ0n) is 24.1. The molecule has 0 bridgehead atoms. The molecule has 0 spiro atoms. The number of amides is 3. The van der Waals surface area contributed by atoms with Crippen LogP contribution in [0.4, 0.5) is 16.4 Å². The number of thiazole rings is 2. The van der Waals surface area contributed by atoms with Gasteiger partial charge in [-0.3, -0.25) is 30.3 Å². The van der Waals surface area contributed by atoms with E-state index in [4.69, 9.17) is 5.53 Å². The second-order valence-electron chi connectivity index (χ2n) is 9.83. The Morgan fingerprint density at radius 1 is 0.800 bits per heavy atom. The Morgan fingerprint density at radius 3 is 2.09 bits per heavy atom. The molecule has 0 aromatic carbocycles. The summed E-state index contributed by atoms with van der Waals surface area (Å²) < 4.78 is 0. The van der Waals surface area contributed by atoms with Crippen LogP contribution < -0.4 is 10.6 Å². The lowest BCUT2D eigenvalue weighted by Gasteiger charge is -2.19. The summed E-state index contributed by atoms with van der Waals surface area (Å²) in [4.78, 5) is 49.4. The van der Waals surface area contributed by atoms with Gasteiger partial charge in [-0.15, -0.1) is 22.7 Å². The summed E-state index contributed by atoms with van der Waals surface area (Å²) in [5, 5.41) is 13.5. The molecule has 1 saturated heterocycles. The first-order chi connectivity index (χ1) is 22.1. The van der Waals surface area contributed by atoms with Crippen molar-refractivity contribution < 1.29 is 9.59 Å². The van der Waals surface area contributed by atoms with Gasteiger partial charge in [0.1, 0.15) is 27.3 Å². The maximum Gasteiger partial charge on any atom is 0.326 e. The lowest BCUT2D eigenvalue weighted by Crippen LogP contribution is -2.25. The van der Waals surface area contributed by atoms with Crippen molar-refractivity contribution in [1.82, 2.24) is 29.8 Å². The standard InChI is InChI=1S/C21H24N6OS.C9H5N5OS/c28-21(26-19-15-29-20(24-19)16-8-10-22-11-9-16)25-18-7-5-6-17(23-18)14-27-12-3-1-2-4-13-27;10-14-13-8(15)7-5-16-9(12-7)6-1-3-11-4-2-6/h5-11,15H,1-4,12-14H2,(H2,23,25,26,28);1-5H.